The van der Waals surface area contributed by atoms with E-state index in [9.17, 15) is 4.79 Å². The zero-order valence-electron chi connectivity index (χ0n) is 25.5. The zero-order valence-corrected chi connectivity index (χ0v) is 26.5. The van der Waals surface area contributed by atoms with Gasteiger partial charge in [0.05, 0.1) is 0 Å². The average molecular weight is 617 g/mol. The van der Waals surface area contributed by atoms with Gasteiger partial charge in [0.2, 0.25) is 0 Å². The van der Waals surface area contributed by atoms with Gasteiger partial charge >= 0.3 is 0 Å². The molecule has 2 aliphatic heterocycles. The summed E-state index contributed by atoms with van der Waals surface area (Å²) in [6.45, 7) is 0. The molecule has 0 saturated heterocycles. The molecule has 0 fully saturated rings. The Morgan fingerprint density at radius 2 is 0.745 bits per heavy atom. The maximum Gasteiger partial charge on any atom is 0.194 e. The molecule has 0 aromatic heterocycles. The van der Waals surface area contributed by atoms with Crippen LogP contribution in [0.15, 0.2) is 170 Å². The van der Waals surface area contributed by atoms with Crippen LogP contribution in [0, 0.1) is 0 Å². The van der Waals surface area contributed by atoms with Crippen LogP contribution < -0.4 is 30.5 Å². The molecule has 220 valence electrons. The lowest BCUT2D eigenvalue weighted by molar-refractivity contribution is 0.104. The van der Waals surface area contributed by atoms with Crippen LogP contribution >= 0.6 is 0 Å². The summed E-state index contributed by atoms with van der Waals surface area (Å²) in [6, 6.07) is 61.1. The van der Waals surface area contributed by atoms with E-state index < -0.39 is 8.07 Å². The van der Waals surface area contributed by atoms with Crippen molar-refractivity contribution in [3.63, 3.8) is 0 Å². The predicted octanol–water partition coefficient (Wildman–Crippen LogP) is 7.84. The molecule has 0 saturated carbocycles. The van der Waals surface area contributed by atoms with Gasteiger partial charge < -0.3 is 9.80 Å². The van der Waals surface area contributed by atoms with E-state index in [0.717, 1.165) is 33.6 Å². The minimum atomic E-state index is -2.83. The molecule has 2 heterocycles. The second-order valence-electron chi connectivity index (χ2n) is 12.4. The fourth-order valence-electron chi connectivity index (χ4n) is 8.36. The van der Waals surface area contributed by atoms with Crippen molar-refractivity contribution in [1.29, 1.82) is 0 Å². The van der Waals surface area contributed by atoms with Crippen LogP contribution in [0.5, 0.6) is 0 Å². The maximum atomic E-state index is 13.3. The Morgan fingerprint density at radius 1 is 0.340 bits per heavy atom. The number of carbonyl (C=O) groups is 1. The number of para-hydroxylation sites is 5. The summed E-state index contributed by atoms with van der Waals surface area (Å²) in [4.78, 5) is 18.2. The third-order valence-corrected chi connectivity index (χ3v) is 15.1. The molecule has 0 atom stereocenters. The normalized spacial score (nSPS) is 14.5. The van der Waals surface area contributed by atoms with Crippen molar-refractivity contribution < 1.29 is 4.79 Å². The highest BCUT2D eigenvalue weighted by Crippen LogP contribution is 2.46. The molecule has 1 aliphatic carbocycles. The van der Waals surface area contributed by atoms with E-state index in [1.807, 2.05) is 24.3 Å². The summed E-state index contributed by atoms with van der Waals surface area (Å²) in [6.07, 6.45) is 0. The molecule has 47 heavy (non-hydrogen) atoms. The first-order valence-electron chi connectivity index (χ1n) is 16.1. The largest absolute Gasteiger partial charge is 0.311 e. The van der Waals surface area contributed by atoms with E-state index in [-0.39, 0.29) is 5.78 Å². The van der Waals surface area contributed by atoms with Crippen LogP contribution in [-0.4, -0.2) is 13.9 Å². The van der Waals surface area contributed by atoms with Crippen LogP contribution in [0.25, 0.3) is 11.1 Å². The molecule has 10 rings (SSSR count). The molecule has 0 radical (unpaired) electrons. The number of ketones is 1. The highest BCUT2D eigenvalue weighted by molar-refractivity contribution is 7.23. The van der Waals surface area contributed by atoms with Crippen LogP contribution in [0.1, 0.15) is 15.9 Å². The van der Waals surface area contributed by atoms with Gasteiger partial charge in [-0.3, -0.25) is 4.79 Å². The fraction of sp³-hybridized carbons (Fsp3) is 0. The molecular weight excluding hydrogens is 589 g/mol. The number of nitrogens with zero attached hydrogens (tertiary/aromatic N) is 2. The van der Waals surface area contributed by atoms with Gasteiger partial charge in [0.15, 0.2) is 13.9 Å². The molecule has 0 N–H and O–H groups in total. The van der Waals surface area contributed by atoms with Gasteiger partial charge in [0.25, 0.3) is 0 Å². The van der Waals surface area contributed by atoms with Gasteiger partial charge in [-0.05, 0) is 86.5 Å². The number of rotatable bonds is 2. The quantitative estimate of drug-likeness (QED) is 0.185. The zero-order chi connectivity index (χ0) is 31.1. The summed E-state index contributed by atoms with van der Waals surface area (Å²) in [5.74, 6) is 0.103. The highest BCUT2D eigenvalue weighted by atomic mass is 28.3. The SMILES string of the molecule is O=C1c2ccccc2-c2cc(N3c4ccccc4[Si]4(c5ccccc5N(c5ccccc5)c5ccccc54)c4ccccc43)ccc21. The van der Waals surface area contributed by atoms with Crippen molar-refractivity contribution in [2.24, 2.45) is 0 Å². The van der Waals surface area contributed by atoms with E-state index in [0.29, 0.717) is 0 Å². The number of benzene rings is 7. The average Bonchev–Trinajstić information content (AvgIpc) is 3.42. The lowest BCUT2D eigenvalue weighted by Gasteiger charge is -2.50. The second-order valence-corrected chi connectivity index (χ2v) is 16.1. The molecule has 0 bridgehead atoms. The minimum absolute atomic E-state index is 0.103. The van der Waals surface area contributed by atoms with Gasteiger partial charge in [0, 0.05) is 45.3 Å². The fourth-order valence-corrected chi connectivity index (χ4v) is 13.8. The Morgan fingerprint density at radius 3 is 1.28 bits per heavy atom. The summed E-state index contributed by atoms with van der Waals surface area (Å²) >= 11 is 0. The third-order valence-electron chi connectivity index (χ3n) is 10.2. The van der Waals surface area contributed by atoms with Gasteiger partial charge in [-0.2, -0.15) is 0 Å². The number of hydrogen-bond acceptors (Lipinski definition) is 3. The first-order valence-corrected chi connectivity index (χ1v) is 18.1. The monoisotopic (exact) mass is 616 g/mol. The Balaban J connectivity index is 1.28. The Kier molecular flexibility index (Phi) is 5.46. The van der Waals surface area contributed by atoms with Gasteiger partial charge in [-0.25, -0.2) is 0 Å². The molecule has 0 amide bonds. The van der Waals surface area contributed by atoms with Crippen molar-refractivity contribution in [3.8, 4) is 11.1 Å². The van der Waals surface area contributed by atoms with Crippen molar-refractivity contribution in [2.75, 3.05) is 9.80 Å². The van der Waals surface area contributed by atoms with Crippen molar-refractivity contribution >= 4 is 68.7 Å². The summed E-state index contributed by atoms with van der Waals surface area (Å²) in [5, 5.41) is 5.50. The lowest BCUT2D eigenvalue weighted by atomic mass is 10.0. The number of anilines is 6. The molecule has 0 unspecified atom stereocenters. The van der Waals surface area contributed by atoms with E-state index >= 15 is 0 Å². The molecule has 1 spiro atoms. The Labute approximate surface area is 274 Å². The Bertz CT molecular complexity index is 2320. The lowest BCUT2D eigenvalue weighted by Crippen LogP contribution is -2.79. The third kappa shape index (κ3) is 3.42. The molecular formula is C43H28N2OSi. The van der Waals surface area contributed by atoms with Crippen LogP contribution in [-0.2, 0) is 0 Å². The Hall–Kier alpha value is -5.97. The van der Waals surface area contributed by atoms with E-state index in [1.165, 1.54) is 43.5 Å². The molecule has 3 aliphatic rings. The second kappa shape index (κ2) is 9.76. The van der Waals surface area contributed by atoms with E-state index in [2.05, 4.69) is 155 Å². The smallest absolute Gasteiger partial charge is 0.194 e. The molecule has 7 aromatic rings. The van der Waals surface area contributed by atoms with Crippen molar-refractivity contribution in [1.82, 2.24) is 0 Å². The number of fused-ring (bicyclic) bond motifs is 11. The summed E-state index contributed by atoms with van der Waals surface area (Å²) in [5.41, 5.74) is 10.6. The standard InChI is InChI=1S/C43H28N2OSi/c46-43-32-17-5-4-16-31(32)34-28-30(26-27-33(34)43)45-37-20-8-12-24-41(37)47(42-25-13-9-21-38(42)45)39-22-10-6-18-35(39)44(29-14-2-1-3-15-29)36-19-7-11-23-40(36)47/h1-28H. The predicted molar refractivity (Wildman–Crippen MR) is 195 cm³/mol. The van der Waals surface area contributed by atoms with Crippen molar-refractivity contribution in [3.05, 3.63) is 181 Å². The number of hydrogen-bond donors (Lipinski definition) is 0. The van der Waals surface area contributed by atoms with Crippen LogP contribution in [0.3, 0.4) is 0 Å². The van der Waals surface area contributed by atoms with E-state index in [1.54, 1.807) is 0 Å². The van der Waals surface area contributed by atoms with Crippen molar-refractivity contribution in [2.45, 2.75) is 0 Å². The molecule has 4 heteroatoms. The minimum Gasteiger partial charge on any atom is -0.311 e. The summed E-state index contributed by atoms with van der Waals surface area (Å²) < 4.78 is 0. The molecule has 3 nitrogen and oxygen atoms in total. The van der Waals surface area contributed by atoms with Gasteiger partial charge in [0.1, 0.15) is 0 Å². The highest BCUT2D eigenvalue weighted by Gasteiger charge is 2.53. The number of carbonyl (C=O) groups excluding carboxylic acids is 1. The molecule has 7 aromatic carbocycles. The van der Waals surface area contributed by atoms with Gasteiger partial charge in [-0.15, -0.1) is 0 Å². The van der Waals surface area contributed by atoms with Crippen LogP contribution in [0.4, 0.5) is 34.1 Å². The first-order chi connectivity index (χ1) is 23.3. The van der Waals surface area contributed by atoms with Crippen LogP contribution in [0.2, 0.25) is 0 Å². The topological polar surface area (TPSA) is 23.6 Å². The first kappa shape index (κ1) is 26.3. The maximum absolute atomic E-state index is 13.3. The summed E-state index contributed by atoms with van der Waals surface area (Å²) in [7, 11) is -2.83. The van der Waals surface area contributed by atoms with E-state index in [4.69, 9.17) is 0 Å². The van der Waals surface area contributed by atoms with Gasteiger partial charge in [-0.1, -0.05) is 115 Å².